The lowest BCUT2D eigenvalue weighted by atomic mass is 10.1. The molecular weight excluding hydrogens is 204 g/mol. The minimum Gasteiger partial charge on any atom is -0.496 e. The number of anilines is 1. The Morgan fingerprint density at radius 1 is 1.56 bits per heavy atom. The van der Waals surface area contributed by atoms with Crippen molar-refractivity contribution in [1.29, 1.82) is 0 Å². The number of methoxy groups -OCH3 is 1. The fourth-order valence-electron chi connectivity index (χ4n) is 2.10. The van der Waals surface area contributed by atoms with E-state index in [1.54, 1.807) is 14.2 Å². The molecule has 0 atom stereocenters. The summed E-state index contributed by atoms with van der Waals surface area (Å²) in [5.41, 5.74) is 2.12. The van der Waals surface area contributed by atoms with E-state index in [-0.39, 0.29) is 5.91 Å². The molecule has 0 radical (unpaired) electrons. The smallest absolute Gasteiger partial charge is 0.240 e. The lowest BCUT2D eigenvalue weighted by molar-refractivity contribution is -0.117. The van der Waals surface area contributed by atoms with Crippen molar-refractivity contribution in [1.82, 2.24) is 5.32 Å². The zero-order valence-electron chi connectivity index (χ0n) is 9.62. The summed E-state index contributed by atoms with van der Waals surface area (Å²) in [6, 6.07) is 5.83. The standard InChI is InChI=1S/C12H16N2O2/c1-13-8-12(15)14-7-6-9-10(14)4-3-5-11(9)16-2/h3-5,13H,6-8H2,1-2H3. The topological polar surface area (TPSA) is 41.6 Å². The Bertz CT molecular complexity index is 404. The molecule has 86 valence electrons. The van der Waals surface area contributed by atoms with Crippen LogP contribution in [-0.4, -0.2) is 33.2 Å². The maximum absolute atomic E-state index is 11.8. The maximum atomic E-state index is 11.8. The molecule has 0 saturated heterocycles. The summed E-state index contributed by atoms with van der Waals surface area (Å²) in [7, 11) is 3.44. The zero-order chi connectivity index (χ0) is 11.5. The first-order valence-corrected chi connectivity index (χ1v) is 5.38. The molecule has 16 heavy (non-hydrogen) atoms. The van der Waals surface area contributed by atoms with Crippen molar-refractivity contribution in [2.45, 2.75) is 6.42 Å². The van der Waals surface area contributed by atoms with Crippen LogP contribution in [0.1, 0.15) is 5.56 Å². The van der Waals surface area contributed by atoms with Crippen LogP contribution in [0, 0.1) is 0 Å². The van der Waals surface area contributed by atoms with Gasteiger partial charge in [0.1, 0.15) is 5.75 Å². The highest BCUT2D eigenvalue weighted by molar-refractivity contribution is 5.97. The number of nitrogens with one attached hydrogen (secondary N) is 1. The van der Waals surface area contributed by atoms with Crippen molar-refractivity contribution in [2.24, 2.45) is 0 Å². The molecule has 0 saturated carbocycles. The quantitative estimate of drug-likeness (QED) is 0.819. The van der Waals surface area contributed by atoms with Crippen LogP contribution >= 0.6 is 0 Å². The summed E-state index contributed by atoms with van der Waals surface area (Å²) < 4.78 is 5.29. The van der Waals surface area contributed by atoms with E-state index in [9.17, 15) is 4.79 Å². The Morgan fingerprint density at radius 3 is 3.06 bits per heavy atom. The fraction of sp³-hybridized carbons (Fsp3) is 0.417. The number of likely N-dealkylation sites (N-methyl/N-ethyl adjacent to an activating group) is 1. The molecule has 0 bridgehead atoms. The molecule has 1 amide bonds. The molecule has 0 unspecified atom stereocenters. The first-order chi connectivity index (χ1) is 7.77. The molecule has 4 heteroatoms. The van der Waals surface area contributed by atoms with Crippen LogP contribution in [0.2, 0.25) is 0 Å². The second kappa shape index (κ2) is 4.53. The van der Waals surface area contributed by atoms with E-state index in [0.29, 0.717) is 6.54 Å². The van der Waals surface area contributed by atoms with Crippen LogP contribution in [0.25, 0.3) is 0 Å². The summed E-state index contributed by atoms with van der Waals surface area (Å²) in [6.07, 6.45) is 0.870. The molecule has 1 aromatic rings. The number of benzene rings is 1. The van der Waals surface area contributed by atoms with Gasteiger partial charge in [0.15, 0.2) is 0 Å². The number of rotatable bonds is 3. The predicted octanol–water partition coefficient (Wildman–Crippen LogP) is 0.804. The molecule has 0 spiro atoms. The Kier molecular flexibility index (Phi) is 3.10. The molecule has 4 nitrogen and oxygen atoms in total. The first kappa shape index (κ1) is 11.0. The van der Waals surface area contributed by atoms with Crippen LogP contribution in [0.3, 0.4) is 0 Å². The molecule has 1 N–H and O–H groups in total. The Morgan fingerprint density at radius 2 is 2.38 bits per heavy atom. The summed E-state index contributed by atoms with van der Waals surface area (Å²) in [5.74, 6) is 0.978. The molecule has 1 heterocycles. The van der Waals surface area contributed by atoms with Crippen molar-refractivity contribution >= 4 is 11.6 Å². The van der Waals surface area contributed by atoms with E-state index in [1.165, 1.54) is 0 Å². The highest BCUT2D eigenvalue weighted by Gasteiger charge is 2.26. The maximum Gasteiger partial charge on any atom is 0.240 e. The van der Waals surface area contributed by atoms with Crippen molar-refractivity contribution < 1.29 is 9.53 Å². The van der Waals surface area contributed by atoms with Gasteiger partial charge in [0.2, 0.25) is 5.91 Å². The molecule has 1 aliphatic rings. The largest absolute Gasteiger partial charge is 0.496 e. The summed E-state index contributed by atoms with van der Waals surface area (Å²) in [6.45, 7) is 1.12. The van der Waals surface area contributed by atoms with Crippen LogP contribution in [-0.2, 0) is 11.2 Å². The van der Waals surface area contributed by atoms with Crippen LogP contribution in [0.15, 0.2) is 18.2 Å². The van der Waals surface area contributed by atoms with Gasteiger partial charge in [0.25, 0.3) is 0 Å². The van der Waals surface area contributed by atoms with Gasteiger partial charge in [-0.2, -0.15) is 0 Å². The number of amides is 1. The van der Waals surface area contributed by atoms with Crippen molar-refractivity contribution in [2.75, 3.05) is 32.1 Å². The van der Waals surface area contributed by atoms with Gasteiger partial charge in [0.05, 0.1) is 19.3 Å². The Balaban J connectivity index is 2.29. The number of nitrogens with zero attached hydrogens (tertiary/aromatic N) is 1. The van der Waals surface area contributed by atoms with Crippen molar-refractivity contribution in [3.63, 3.8) is 0 Å². The zero-order valence-corrected chi connectivity index (χ0v) is 9.62. The fourth-order valence-corrected chi connectivity index (χ4v) is 2.10. The average Bonchev–Trinajstić information content (AvgIpc) is 2.72. The van der Waals surface area contributed by atoms with Crippen LogP contribution < -0.4 is 15.0 Å². The molecule has 0 aliphatic carbocycles. The van der Waals surface area contributed by atoms with Gasteiger partial charge in [0, 0.05) is 12.1 Å². The molecule has 2 rings (SSSR count). The van der Waals surface area contributed by atoms with Gasteiger partial charge in [-0.1, -0.05) is 6.07 Å². The van der Waals surface area contributed by atoms with E-state index >= 15 is 0 Å². The average molecular weight is 220 g/mol. The van der Waals surface area contributed by atoms with Gasteiger partial charge >= 0.3 is 0 Å². The predicted molar refractivity (Wildman–Crippen MR) is 63.0 cm³/mol. The lowest BCUT2D eigenvalue weighted by Crippen LogP contribution is -2.35. The van der Waals surface area contributed by atoms with E-state index in [2.05, 4.69) is 5.32 Å². The number of ether oxygens (including phenoxy) is 1. The molecule has 1 aromatic carbocycles. The third-order valence-corrected chi connectivity index (χ3v) is 2.83. The monoisotopic (exact) mass is 220 g/mol. The third-order valence-electron chi connectivity index (χ3n) is 2.83. The minimum atomic E-state index is 0.106. The van der Waals surface area contributed by atoms with E-state index in [1.807, 2.05) is 23.1 Å². The SMILES string of the molecule is CNCC(=O)N1CCc2c(OC)cccc21. The highest BCUT2D eigenvalue weighted by Crippen LogP contribution is 2.34. The first-order valence-electron chi connectivity index (χ1n) is 5.38. The highest BCUT2D eigenvalue weighted by atomic mass is 16.5. The van der Waals surface area contributed by atoms with Crippen LogP contribution in [0.5, 0.6) is 5.75 Å². The normalized spacial score (nSPS) is 13.8. The van der Waals surface area contributed by atoms with E-state index in [4.69, 9.17) is 4.74 Å². The van der Waals surface area contributed by atoms with E-state index < -0.39 is 0 Å². The second-order valence-corrected chi connectivity index (χ2v) is 3.78. The third kappa shape index (κ3) is 1.76. The van der Waals surface area contributed by atoms with Gasteiger partial charge in [-0.05, 0) is 25.6 Å². The molecule has 1 aliphatic heterocycles. The van der Waals surface area contributed by atoms with Crippen molar-refractivity contribution in [3.8, 4) is 5.75 Å². The minimum absolute atomic E-state index is 0.106. The molecule has 0 aromatic heterocycles. The summed E-state index contributed by atoms with van der Waals surface area (Å²) in [5, 5.41) is 2.88. The second-order valence-electron chi connectivity index (χ2n) is 3.78. The molecular formula is C12H16N2O2. The Labute approximate surface area is 95.2 Å². The summed E-state index contributed by atoms with van der Waals surface area (Å²) in [4.78, 5) is 13.6. The number of hydrogen-bond acceptors (Lipinski definition) is 3. The van der Waals surface area contributed by atoms with Crippen LogP contribution in [0.4, 0.5) is 5.69 Å². The number of carbonyl (C=O) groups is 1. The number of fused-ring (bicyclic) bond motifs is 1. The van der Waals surface area contributed by atoms with Gasteiger partial charge in [-0.3, -0.25) is 4.79 Å². The Hall–Kier alpha value is -1.55. The van der Waals surface area contributed by atoms with Crippen molar-refractivity contribution in [3.05, 3.63) is 23.8 Å². The summed E-state index contributed by atoms with van der Waals surface area (Å²) >= 11 is 0. The van der Waals surface area contributed by atoms with Gasteiger partial charge < -0.3 is 15.0 Å². The van der Waals surface area contributed by atoms with Gasteiger partial charge in [-0.25, -0.2) is 0 Å². The number of hydrogen-bond donors (Lipinski definition) is 1. The number of carbonyl (C=O) groups excluding carboxylic acids is 1. The lowest BCUT2D eigenvalue weighted by Gasteiger charge is -2.17. The van der Waals surface area contributed by atoms with Gasteiger partial charge in [-0.15, -0.1) is 0 Å². The van der Waals surface area contributed by atoms with E-state index in [0.717, 1.165) is 30.0 Å². The molecule has 0 fully saturated rings.